The molecule has 2 rings (SSSR count). The number of halogens is 1. The van der Waals surface area contributed by atoms with Crippen LogP contribution in [0.5, 0.6) is 5.75 Å². The van der Waals surface area contributed by atoms with Crippen LogP contribution >= 0.6 is 11.6 Å². The minimum absolute atomic E-state index is 0.177. The van der Waals surface area contributed by atoms with E-state index in [-0.39, 0.29) is 11.8 Å². The van der Waals surface area contributed by atoms with Gasteiger partial charge in [0.25, 0.3) is 5.91 Å². The van der Waals surface area contributed by atoms with E-state index in [2.05, 4.69) is 10.6 Å². The summed E-state index contributed by atoms with van der Waals surface area (Å²) < 4.78 is 5.56. The molecular formula is C17H17ClN2O3. The molecule has 0 aliphatic rings. The van der Waals surface area contributed by atoms with E-state index in [0.29, 0.717) is 22.1 Å². The number of rotatable bonds is 5. The quantitative estimate of drug-likeness (QED) is 0.877. The van der Waals surface area contributed by atoms with E-state index in [9.17, 15) is 9.59 Å². The fourth-order valence-electron chi connectivity index (χ4n) is 1.91. The van der Waals surface area contributed by atoms with Crippen molar-refractivity contribution in [2.24, 2.45) is 0 Å². The molecule has 0 saturated heterocycles. The van der Waals surface area contributed by atoms with Gasteiger partial charge in [-0.25, -0.2) is 0 Å². The van der Waals surface area contributed by atoms with Crippen molar-refractivity contribution >= 4 is 34.8 Å². The molecule has 0 heterocycles. The molecule has 120 valence electrons. The summed E-state index contributed by atoms with van der Waals surface area (Å²) in [5.41, 5.74) is 1.17. The minimum Gasteiger partial charge on any atom is -0.479 e. The second-order valence-electron chi connectivity index (χ2n) is 4.94. The number of amides is 2. The second kappa shape index (κ2) is 7.65. The molecule has 2 N–H and O–H groups in total. The number of hydrogen-bond acceptors (Lipinski definition) is 3. The molecule has 0 fully saturated rings. The fraction of sp³-hybridized carbons (Fsp3) is 0.176. The van der Waals surface area contributed by atoms with Crippen LogP contribution in [-0.4, -0.2) is 17.9 Å². The zero-order chi connectivity index (χ0) is 16.8. The number of para-hydroxylation sites is 1. The molecule has 0 aliphatic heterocycles. The first-order chi connectivity index (χ1) is 11.0. The Morgan fingerprint density at radius 1 is 1.04 bits per heavy atom. The summed E-state index contributed by atoms with van der Waals surface area (Å²) in [6, 6.07) is 13.8. The van der Waals surface area contributed by atoms with Gasteiger partial charge in [-0.1, -0.05) is 29.8 Å². The van der Waals surface area contributed by atoms with Crippen molar-refractivity contribution in [1.29, 1.82) is 0 Å². The van der Waals surface area contributed by atoms with Gasteiger partial charge in [0.2, 0.25) is 5.91 Å². The fourth-order valence-corrected chi connectivity index (χ4v) is 2.09. The van der Waals surface area contributed by atoms with Gasteiger partial charge in [0.1, 0.15) is 5.75 Å². The van der Waals surface area contributed by atoms with Crippen LogP contribution in [0.15, 0.2) is 48.5 Å². The van der Waals surface area contributed by atoms with Gasteiger partial charge in [-0.15, -0.1) is 0 Å². The van der Waals surface area contributed by atoms with Crippen LogP contribution in [0, 0.1) is 0 Å². The first-order valence-electron chi connectivity index (χ1n) is 7.05. The van der Waals surface area contributed by atoms with E-state index in [4.69, 9.17) is 16.3 Å². The first-order valence-corrected chi connectivity index (χ1v) is 7.43. The lowest BCUT2D eigenvalue weighted by Crippen LogP contribution is -2.30. The number of hydrogen-bond donors (Lipinski definition) is 2. The summed E-state index contributed by atoms with van der Waals surface area (Å²) in [5.74, 6) is -0.0439. The second-order valence-corrected chi connectivity index (χ2v) is 5.35. The van der Waals surface area contributed by atoms with Crippen molar-refractivity contribution in [3.05, 3.63) is 53.6 Å². The molecule has 2 aromatic carbocycles. The number of carbonyl (C=O) groups excluding carboxylic acids is 2. The first kappa shape index (κ1) is 16.8. The van der Waals surface area contributed by atoms with E-state index >= 15 is 0 Å². The lowest BCUT2D eigenvalue weighted by molar-refractivity contribution is -0.122. The molecule has 0 unspecified atom stereocenters. The Bertz CT molecular complexity index is 718. The number of nitrogens with one attached hydrogen (secondary N) is 2. The van der Waals surface area contributed by atoms with Gasteiger partial charge >= 0.3 is 0 Å². The summed E-state index contributed by atoms with van der Waals surface area (Å²) in [6.45, 7) is 3.06. The highest BCUT2D eigenvalue weighted by Gasteiger charge is 2.16. The molecule has 0 bridgehead atoms. The van der Waals surface area contributed by atoms with E-state index in [1.165, 1.54) is 6.92 Å². The molecule has 2 aromatic rings. The minimum atomic E-state index is -0.723. The third-order valence-corrected chi connectivity index (χ3v) is 3.27. The summed E-state index contributed by atoms with van der Waals surface area (Å²) in [6.07, 6.45) is -0.723. The average molecular weight is 333 g/mol. The number of carbonyl (C=O) groups is 2. The molecule has 0 aromatic heterocycles. The maximum atomic E-state index is 12.2. The molecule has 5 nitrogen and oxygen atoms in total. The molecule has 2 amide bonds. The highest BCUT2D eigenvalue weighted by Crippen LogP contribution is 2.24. The van der Waals surface area contributed by atoms with E-state index in [1.54, 1.807) is 55.5 Å². The molecule has 0 aliphatic carbocycles. The Hall–Kier alpha value is -2.53. The van der Waals surface area contributed by atoms with E-state index in [0.717, 1.165) is 0 Å². The van der Waals surface area contributed by atoms with Crippen LogP contribution in [0.25, 0.3) is 0 Å². The maximum absolute atomic E-state index is 12.2. The normalized spacial score (nSPS) is 11.4. The summed E-state index contributed by atoms with van der Waals surface area (Å²) >= 11 is 6.01. The maximum Gasteiger partial charge on any atom is 0.265 e. The van der Waals surface area contributed by atoms with Crippen molar-refractivity contribution in [3.8, 4) is 5.75 Å². The summed E-state index contributed by atoms with van der Waals surface area (Å²) in [5, 5.41) is 5.84. The van der Waals surface area contributed by atoms with Crippen molar-refractivity contribution in [2.75, 3.05) is 10.6 Å². The van der Waals surface area contributed by atoms with Gasteiger partial charge in [-0.3, -0.25) is 9.59 Å². The number of ether oxygens (including phenoxy) is 1. The molecule has 23 heavy (non-hydrogen) atoms. The standard InChI is InChI=1S/C17H17ClN2O3/c1-11(23-16-9-4-3-8-15(16)18)17(22)20-14-7-5-6-13(10-14)19-12(2)21/h3-11H,1-2H3,(H,19,21)(H,20,22)/t11-/m0/s1. The van der Waals surface area contributed by atoms with Crippen molar-refractivity contribution < 1.29 is 14.3 Å². The largest absolute Gasteiger partial charge is 0.479 e. The smallest absolute Gasteiger partial charge is 0.265 e. The molecule has 0 radical (unpaired) electrons. The highest BCUT2D eigenvalue weighted by atomic mass is 35.5. The van der Waals surface area contributed by atoms with Crippen molar-refractivity contribution in [3.63, 3.8) is 0 Å². The highest BCUT2D eigenvalue weighted by molar-refractivity contribution is 6.32. The Morgan fingerprint density at radius 3 is 2.35 bits per heavy atom. The van der Waals surface area contributed by atoms with Crippen LogP contribution < -0.4 is 15.4 Å². The topological polar surface area (TPSA) is 67.4 Å². The average Bonchev–Trinajstić information content (AvgIpc) is 2.49. The predicted octanol–water partition coefficient (Wildman–Crippen LogP) is 3.70. The van der Waals surface area contributed by atoms with Gasteiger partial charge in [-0.05, 0) is 37.3 Å². The molecule has 0 spiro atoms. The molecule has 6 heteroatoms. The SMILES string of the molecule is CC(=O)Nc1cccc(NC(=O)[C@H](C)Oc2ccccc2Cl)c1. The predicted molar refractivity (Wildman–Crippen MR) is 90.9 cm³/mol. The van der Waals surface area contributed by atoms with Crippen molar-refractivity contribution in [2.45, 2.75) is 20.0 Å². The molecular weight excluding hydrogens is 316 g/mol. The summed E-state index contributed by atoms with van der Waals surface area (Å²) in [7, 11) is 0. The Balaban J connectivity index is 2.01. The van der Waals surface area contributed by atoms with Crippen LogP contribution in [0.4, 0.5) is 11.4 Å². The molecule has 0 saturated carbocycles. The van der Waals surface area contributed by atoms with Crippen LogP contribution in [-0.2, 0) is 9.59 Å². The van der Waals surface area contributed by atoms with E-state index in [1.807, 2.05) is 0 Å². The number of benzene rings is 2. The van der Waals surface area contributed by atoms with Gasteiger partial charge < -0.3 is 15.4 Å². The van der Waals surface area contributed by atoms with Gasteiger partial charge in [0.05, 0.1) is 5.02 Å². The Kier molecular flexibility index (Phi) is 5.60. The zero-order valence-electron chi connectivity index (χ0n) is 12.8. The van der Waals surface area contributed by atoms with Gasteiger partial charge in [0, 0.05) is 18.3 Å². The number of anilines is 2. The summed E-state index contributed by atoms with van der Waals surface area (Å²) in [4.78, 5) is 23.3. The monoisotopic (exact) mass is 332 g/mol. The van der Waals surface area contributed by atoms with Gasteiger partial charge in [0.15, 0.2) is 6.10 Å². The Labute approximate surface area is 139 Å². The van der Waals surface area contributed by atoms with Crippen LogP contribution in [0.2, 0.25) is 5.02 Å². The van der Waals surface area contributed by atoms with Gasteiger partial charge in [-0.2, -0.15) is 0 Å². The van der Waals surface area contributed by atoms with E-state index < -0.39 is 6.10 Å². The lowest BCUT2D eigenvalue weighted by Gasteiger charge is -2.16. The van der Waals surface area contributed by atoms with Crippen LogP contribution in [0.1, 0.15) is 13.8 Å². The van der Waals surface area contributed by atoms with Crippen molar-refractivity contribution in [1.82, 2.24) is 0 Å². The van der Waals surface area contributed by atoms with Crippen LogP contribution in [0.3, 0.4) is 0 Å². The molecule has 1 atom stereocenters. The third-order valence-electron chi connectivity index (χ3n) is 2.96. The lowest BCUT2D eigenvalue weighted by atomic mass is 10.2. The third kappa shape index (κ3) is 5.00. The zero-order valence-corrected chi connectivity index (χ0v) is 13.6. The Morgan fingerprint density at radius 2 is 1.70 bits per heavy atom.